The van der Waals surface area contributed by atoms with Crippen molar-refractivity contribution >= 4 is 18.7 Å². The average molecular weight is 430 g/mol. The third kappa shape index (κ3) is 5.28. The van der Waals surface area contributed by atoms with Crippen LogP contribution < -0.4 is 5.30 Å². The third-order valence-corrected chi connectivity index (χ3v) is 6.68. The molecule has 0 saturated heterocycles. The number of Topliss-reactive ketones (excluding diaryl/α,β-unsaturated/α-hetero) is 1. The average Bonchev–Trinajstić information content (AvgIpc) is 2.73. The molecular weight excluding hydrogens is 399 g/mol. The predicted molar refractivity (Wildman–Crippen MR) is 119 cm³/mol. The van der Waals surface area contributed by atoms with E-state index in [0.717, 1.165) is 19.3 Å². The van der Waals surface area contributed by atoms with Crippen LogP contribution in [-0.4, -0.2) is 22.2 Å². The summed E-state index contributed by atoms with van der Waals surface area (Å²) in [6.07, 6.45) is 8.28. The molecule has 0 aromatic heterocycles. The summed E-state index contributed by atoms with van der Waals surface area (Å²) >= 11 is 0. The number of benzene rings is 2. The Kier molecular flexibility index (Phi) is 8.01. The van der Waals surface area contributed by atoms with E-state index in [1.807, 2.05) is 12.1 Å². The van der Waals surface area contributed by atoms with E-state index in [0.29, 0.717) is 28.9 Å². The lowest BCUT2D eigenvalue weighted by Gasteiger charge is -2.29. The molecule has 0 amide bonds. The second-order valence-corrected chi connectivity index (χ2v) is 9.49. The van der Waals surface area contributed by atoms with Crippen LogP contribution in [0.15, 0.2) is 42.5 Å². The normalized spacial score (nSPS) is 15.7. The topological polar surface area (TPSA) is 83.8 Å². The molecule has 1 unspecified atom stereocenters. The first kappa shape index (κ1) is 22.9. The molecule has 0 heterocycles. The van der Waals surface area contributed by atoms with Gasteiger partial charge in [0, 0.05) is 17.7 Å². The van der Waals surface area contributed by atoms with Gasteiger partial charge in [-0.15, -0.1) is 0 Å². The molecule has 2 aromatic rings. The number of carbonyl (C=O) groups excluding carboxylic acids is 1. The van der Waals surface area contributed by atoms with E-state index in [2.05, 4.69) is 6.92 Å². The van der Waals surface area contributed by atoms with Crippen LogP contribution in [0.4, 0.5) is 0 Å². The van der Waals surface area contributed by atoms with E-state index >= 15 is 0 Å². The second kappa shape index (κ2) is 10.5. The minimum absolute atomic E-state index is 0.122. The van der Waals surface area contributed by atoms with Gasteiger partial charge in [0.1, 0.15) is 6.10 Å². The van der Waals surface area contributed by atoms with Crippen molar-refractivity contribution in [3.05, 3.63) is 53.6 Å². The number of ether oxygens (including phenoxy) is 1. The minimum Gasteiger partial charge on any atom is -0.365 e. The first-order valence-corrected chi connectivity index (χ1v) is 12.5. The SMILES string of the molecule is CCCCCCCCCCOC1C(=O)c2ccccc2-c2cccc(P(=O)(O)O)c21. The minimum atomic E-state index is -4.55. The van der Waals surface area contributed by atoms with E-state index in [9.17, 15) is 19.1 Å². The summed E-state index contributed by atoms with van der Waals surface area (Å²) in [5.41, 5.74) is 2.20. The van der Waals surface area contributed by atoms with Crippen molar-refractivity contribution in [1.29, 1.82) is 0 Å². The Hall–Kier alpha value is -1.78. The van der Waals surface area contributed by atoms with Gasteiger partial charge in [-0.05, 0) is 23.6 Å². The molecule has 1 aliphatic carbocycles. The highest BCUT2D eigenvalue weighted by atomic mass is 31.2. The molecule has 0 radical (unpaired) electrons. The van der Waals surface area contributed by atoms with Gasteiger partial charge in [-0.25, -0.2) is 0 Å². The number of carbonyl (C=O) groups is 1. The van der Waals surface area contributed by atoms with Gasteiger partial charge in [-0.1, -0.05) is 88.3 Å². The highest BCUT2D eigenvalue weighted by molar-refractivity contribution is 7.60. The highest BCUT2D eigenvalue weighted by Crippen LogP contribution is 2.45. The smallest absolute Gasteiger partial charge is 0.356 e. The maximum absolute atomic E-state index is 13.1. The van der Waals surface area contributed by atoms with Crippen molar-refractivity contribution in [1.82, 2.24) is 0 Å². The maximum atomic E-state index is 13.1. The fourth-order valence-corrected chi connectivity index (χ4v) is 4.95. The zero-order valence-electron chi connectivity index (χ0n) is 17.5. The molecule has 1 atom stereocenters. The van der Waals surface area contributed by atoms with Crippen LogP contribution in [0, 0.1) is 0 Å². The third-order valence-electron chi connectivity index (χ3n) is 5.66. The fraction of sp³-hybridized carbons (Fsp3) is 0.458. The van der Waals surface area contributed by atoms with E-state index in [1.54, 1.807) is 24.3 Å². The van der Waals surface area contributed by atoms with Crippen molar-refractivity contribution < 1.29 is 23.9 Å². The quantitative estimate of drug-likeness (QED) is 0.361. The van der Waals surface area contributed by atoms with Crippen molar-refractivity contribution in [2.24, 2.45) is 0 Å². The number of hydrogen-bond donors (Lipinski definition) is 2. The Morgan fingerprint density at radius 3 is 2.10 bits per heavy atom. The molecule has 0 spiro atoms. The monoisotopic (exact) mass is 430 g/mol. The number of rotatable bonds is 11. The van der Waals surface area contributed by atoms with Crippen molar-refractivity contribution in [3.8, 4) is 11.1 Å². The molecule has 0 bridgehead atoms. The van der Waals surface area contributed by atoms with Crippen molar-refractivity contribution in [2.75, 3.05) is 6.61 Å². The second-order valence-electron chi connectivity index (χ2n) is 7.92. The highest BCUT2D eigenvalue weighted by Gasteiger charge is 2.38. The molecule has 2 N–H and O–H groups in total. The van der Waals surface area contributed by atoms with Crippen LogP contribution in [0.5, 0.6) is 0 Å². The molecule has 0 fully saturated rings. The summed E-state index contributed by atoms with van der Waals surface area (Å²) in [5, 5.41) is -0.122. The molecule has 0 aliphatic heterocycles. The van der Waals surface area contributed by atoms with E-state index in [1.165, 1.54) is 38.2 Å². The number of hydrogen-bond acceptors (Lipinski definition) is 3. The number of unbranched alkanes of at least 4 members (excludes halogenated alkanes) is 7. The van der Waals surface area contributed by atoms with Gasteiger partial charge in [0.25, 0.3) is 0 Å². The summed E-state index contributed by atoms with van der Waals surface area (Å²) < 4.78 is 18.1. The first-order valence-electron chi connectivity index (χ1n) is 10.9. The molecule has 5 nitrogen and oxygen atoms in total. The van der Waals surface area contributed by atoms with Gasteiger partial charge in [-0.2, -0.15) is 0 Å². The van der Waals surface area contributed by atoms with Crippen LogP contribution in [0.3, 0.4) is 0 Å². The molecule has 162 valence electrons. The molecule has 6 heteroatoms. The largest absolute Gasteiger partial charge is 0.365 e. The van der Waals surface area contributed by atoms with Gasteiger partial charge in [0.15, 0.2) is 5.78 Å². The van der Waals surface area contributed by atoms with Crippen LogP contribution in [0.2, 0.25) is 0 Å². The lowest BCUT2D eigenvalue weighted by atomic mass is 9.83. The van der Waals surface area contributed by atoms with Crippen molar-refractivity contribution in [3.63, 3.8) is 0 Å². The zero-order chi connectivity index (χ0) is 21.6. The Labute approximate surface area is 178 Å². The van der Waals surface area contributed by atoms with Gasteiger partial charge in [-0.3, -0.25) is 9.36 Å². The van der Waals surface area contributed by atoms with Crippen LogP contribution in [-0.2, 0) is 9.30 Å². The van der Waals surface area contributed by atoms with Gasteiger partial charge < -0.3 is 14.5 Å². The Morgan fingerprint density at radius 1 is 0.833 bits per heavy atom. The van der Waals surface area contributed by atoms with E-state index < -0.39 is 13.7 Å². The Bertz CT molecular complexity index is 918. The molecule has 3 rings (SSSR count). The predicted octanol–water partition coefficient (Wildman–Crippen LogP) is 5.55. The Balaban J connectivity index is 1.73. The molecule has 2 aromatic carbocycles. The summed E-state index contributed by atoms with van der Waals surface area (Å²) in [6.45, 7) is 2.60. The van der Waals surface area contributed by atoms with Crippen LogP contribution in [0.1, 0.15) is 80.3 Å². The standard InChI is InChI=1S/C24H31O5P/c1-2-3-4-5-6-7-8-11-17-29-24-22-19(15-12-16-21(22)30(26,27)28)18-13-9-10-14-20(18)23(24)25/h9-10,12-16,24H,2-8,11,17H2,1H3,(H2,26,27,28). The fourth-order valence-electron chi connectivity index (χ4n) is 4.12. The van der Waals surface area contributed by atoms with E-state index in [-0.39, 0.29) is 11.1 Å². The van der Waals surface area contributed by atoms with Gasteiger partial charge in [0.2, 0.25) is 0 Å². The number of fused-ring (bicyclic) bond motifs is 3. The molecule has 0 saturated carbocycles. The molecular formula is C24H31O5P. The van der Waals surface area contributed by atoms with Gasteiger partial charge in [0.05, 0.1) is 5.30 Å². The lowest BCUT2D eigenvalue weighted by Crippen LogP contribution is -2.28. The summed E-state index contributed by atoms with van der Waals surface area (Å²) in [6, 6.07) is 12.0. The number of ketones is 1. The maximum Gasteiger partial charge on any atom is 0.356 e. The summed E-state index contributed by atoms with van der Waals surface area (Å²) in [7, 11) is -4.55. The zero-order valence-corrected chi connectivity index (χ0v) is 18.4. The van der Waals surface area contributed by atoms with E-state index in [4.69, 9.17) is 4.74 Å². The van der Waals surface area contributed by atoms with Crippen LogP contribution >= 0.6 is 7.60 Å². The summed E-state index contributed by atoms with van der Waals surface area (Å²) in [4.78, 5) is 32.9. The van der Waals surface area contributed by atoms with Gasteiger partial charge >= 0.3 is 7.60 Å². The Morgan fingerprint density at radius 2 is 1.43 bits per heavy atom. The lowest BCUT2D eigenvalue weighted by molar-refractivity contribution is 0.0390. The van der Waals surface area contributed by atoms with Crippen LogP contribution in [0.25, 0.3) is 11.1 Å². The van der Waals surface area contributed by atoms with Crippen molar-refractivity contribution in [2.45, 2.75) is 64.4 Å². The molecule has 30 heavy (non-hydrogen) atoms. The molecule has 1 aliphatic rings. The summed E-state index contributed by atoms with van der Waals surface area (Å²) in [5.74, 6) is -0.237. The first-order chi connectivity index (χ1) is 14.4.